The Kier molecular flexibility index (Phi) is 6.33. The molecular formula is C20H20ClN5O2S. The molecule has 4 rings (SSSR count). The van der Waals surface area contributed by atoms with E-state index in [4.69, 9.17) is 16.3 Å². The average molecular weight is 430 g/mol. The number of hydrogen-bond donors (Lipinski definition) is 2. The fourth-order valence-electron chi connectivity index (χ4n) is 3.05. The van der Waals surface area contributed by atoms with E-state index >= 15 is 0 Å². The third-order valence-corrected chi connectivity index (χ3v) is 5.73. The first-order chi connectivity index (χ1) is 14.2. The molecule has 1 amide bonds. The molecule has 0 unspecified atom stereocenters. The van der Waals surface area contributed by atoms with Gasteiger partial charge in [0.25, 0.3) is 5.91 Å². The molecule has 1 aromatic heterocycles. The maximum atomic E-state index is 12.8. The standard InChI is InChI=1S/C20H20ClN5O2S/c21-16-5-6-18(26-7-9-28-10-8-26)17(11-16)24-19(27)15-3-1-14(2-4-15)12-29-20-22-13-23-25-20/h1-6,11,13H,7-10,12H2,(H,24,27)(H,22,23,25). The number of thioether (sulfide) groups is 1. The van der Waals surface area contributed by atoms with Gasteiger partial charge < -0.3 is 15.0 Å². The van der Waals surface area contributed by atoms with Gasteiger partial charge in [-0.25, -0.2) is 4.98 Å². The van der Waals surface area contributed by atoms with Crippen molar-refractivity contribution >= 4 is 40.6 Å². The van der Waals surface area contributed by atoms with Crippen molar-refractivity contribution < 1.29 is 9.53 Å². The highest BCUT2D eigenvalue weighted by Crippen LogP contribution is 2.30. The number of halogens is 1. The smallest absolute Gasteiger partial charge is 0.255 e. The summed E-state index contributed by atoms with van der Waals surface area (Å²) in [6, 6.07) is 13.1. The van der Waals surface area contributed by atoms with Gasteiger partial charge in [0.2, 0.25) is 0 Å². The fourth-order valence-corrected chi connectivity index (χ4v) is 3.96. The number of aromatic nitrogens is 3. The molecule has 3 aromatic rings. The molecule has 2 aromatic carbocycles. The quantitative estimate of drug-likeness (QED) is 0.579. The van der Waals surface area contributed by atoms with E-state index in [9.17, 15) is 4.79 Å². The van der Waals surface area contributed by atoms with Crippen LogP contribution in [0.15, 0.2) is 53.9 Å². The third kappa shape index (κ3) is 5.09. The van der Waals surface area contributed by atoms with Crippen molar-refractivity contribution in [2.75, 3.05) is 36.5 Å². The summed E-state index contributed by atoms with van der Waals surface area (Å²) in [6.45, 7) is 2.90. The van der Waals surface area contributed by atoms with Crippen LogP contribution < -0.4 is 10.2 Å². The Labute approximate surface area is 177 Å². The largest absolute Gasteiger partial charge is 0.378 e. The Hall–Kier alpha value is -2.55. The third-order valence-electron chi connectivity index (χ3n) is 4.54. The number of nitrogens with zero attached hydrogens (tertiary/aromatic N) is 3. The van der Waals surface area contributed by atoms with Crippen LogP contribution in [-0.4, -0.2) is 47.4 Å². The molecule has 7 nitrogen and oxygen atoms in total. The van der Waals surface area contributed by atoms with Crippen molar-refractivity contribution in [2.45, 2.75) is 10.9 Å². The highest BCUT2D eigenvalue weighted by atomic mass is 35.5. The van der Waals surface area contributed by atoms with Crippen molar-refractivity contribution in [3.05, 3.63) is 64.9 Å². The normalized spacial score (nSPS) is 14.0. The molecule has 2 heterocycles. The van der Waals surface area contributed by atoms with Gasteiger partial charge in [-0.1, -0.05) is 35.5 Å². The molecule has 0 bridgehead atoms. The van der Waals surface area contributed by atoms with E-state index < -0.39 is 0 Å². The minimum atomic E-state index is -0.170. The van der Waals surface area contributed by atoms with Crippen molar-refractivity contribution in [1.29, 1.82) is 0 Å². The number of aromatic amines is 1. The Morgan fingerprint density at radius 2 is 2.00 bits per heavy atom. The van der Waals surface area contributed by atoms with Crippen LogP contribution in [0.5, 0.6) is 0 Å². The SMILES string of the molecule is O=C(Nc1cc(Cl)ccc1N1CCOCC1)c1ccc(CSc2ncn[nH]2)cc1. The summed E-state index contributed by atoms with van der Waals surface area (Å²) >= 11 is 7.73. The minimum absolute atomic E-state index is 0.170. The topological polar surface area (TPSA) is 83.1 Å². The van der Waals surface area contributed by atoms with E-state index in [1.165, 1.54) is 6.33 Å². The molecule has 29 heavy (non-hydrogen) atoms. The van der Waals surface area contributed by atoms with Gasteiger partial charge in [-0.3, -0.25) is 9.89 Å². The molecule has 1 fully saturated rings. The molecule has 0 radical (unpaired) electrons. The van der Waals surface area contributed by atoms with Gasteiger partial charge in [0, 0.05) is 29.4 Å². The molecule has 1 saturated heterocycles. The number of morpholine rings is 1. The highest BCUT2D eigenvalue weighted by Gasteiger charge is 2.17. The maximum Gasteiger partial charge on any atom is 0.255 e. The Balaban J connectivity index is 1.44. The number of H-pyrrole nitrogens is 1. The van der Waals surface area contributed by atoms with Crippen LogP contribution in [-0.2, 0) is 10.5 Å². The number of nitrogens with one attached hydrogen (secondary N) is 2. The summed E-state index contributed by atoms with van der Waals surface area (Å²) in [5.74, 6) is 0.572. The first kappa shape index (κ1) is 19.8. The summed E-state index contributed by atoms with van der Waals surface area (Å²) in [6.07, 6.45) is 1.48. The number of rotatable bonds is 6. The zero-order valence-electron chi connectivity index (χ0n) is 15.6. The molecule has 0 aliphatic carbocycles. The van der Waals surface area contributed by atoms with E-state index in [1.54, 1.807) is 17.8 Å². The predicted octanol–water partition coefficient (Wildman–Crippen LogP) is 3.84. The molecule has 0 spiro atoms. The lowest BCUT2D eigenvalue weighted by atomic mass is 10.1. The van der Waals surface area contributed by atoms with Crippen molar-refractivity contribution in [2.24, 2.45) is 0 Å². The second kappa shape index (κ2) is 9.30. The monoisotopic (exact) mass is 429 g/mol. The number of hydrogen-bond acceptors (Lipinski definition) is 6. The summed E-state index contributed by atoms with van der Waals surface area (Å²) in [7, 11) is 0. The Bertz CT molecular complexity index is 960. The van der Waals surface area contributed by atoms with Gasteiger partial charge in [-0.05, 0) is 35.9 Å². The Morgan fingerprint density at radius 3 is 2.72 bits per heavy atom. The molecule has 9 heteroatoms. The molecule has 2 N–H and O–H groups in total. The number of carbonyl (C=O) groups excluding carboxylic acids is 1. The number of carbonyl (C=O) groups is 1. The second-order valence-corrected chi connectivity index (χ2v) is 7.89. The summed E-state index contributed by atoms with van der Waals surface area (Å²) < 4.78 is 5.42. The van der Waals surface area contributed by atoms with Crippen LogP contribution in [0.2, 0.25) is 5.02 Å². The van der Waals surface area contributed by atoms with Gasteiger partial charge in [0.05, 0.1) is 24.6 Å². The zero-order valence-corrected chi connectivity index (χ0v) is 17.2. The van der Waals surface area contributed by atoms with Crippen molar-refractivity contribution in [1.82, 2.24) is 15.2 Å². The van der Waals surface area contributed by atoms with Gasteiger partial charge in [0.1, 0.15) is 6.33 Å². The van der Waals surface area contributed by atoms with E-state index in [-0.39, 0.29) is 5.91 Å². The van der Waals surface area contributed by atoms with E-state index in [0.717, 1.165) is 35.2 Å². The lowest BCUT2D eigenvalue weighted by Crippen LogP contribution is -2.36. The zero-order chi connectivity index (χ0) is 20.1. The minimum Gasteiger partial charge on any atom is -0.378 e. The summed E-state index contributed by atoms with van der Waals surface area (Å²) in [5, 5.41) is 11.0. The number of anilines is 2. The first-order valence-electron chi connectivity index (χ1n) is 9.20. The number of benzene rings is 2. The molecule has 1 aliphatic rings. The fraction of sp³-hybridized carbons (Fsp3) is 0.250. The molecular weight excluding hydrogens is 410 g/mol. The van der Waals surface area contributed by atoms with Crippen molar-refractivity contribution in [3.63, 3.8) is 0 Å². The number of ether oxygens (including phenoxy) is 1. The van der Waals surface area contributed by atoms with Gasteiger partial charge >= 0.3 is 0 Å². The summed E-state index contributed by atoms with van der Waals surface area (Å²) in [4.78, 5) is 19.1. The van der Waals surface area contributed by atoms with E-state index in [2.05, 4.69) is 25.4 Å². The van der Waals surface area contributed by atoms with Crippen molar-refractivity contribution in [3.8, 4) is 0 Å². The molecule has 1 aliphatic heterocycles. The van der Waals surface area contributed by atoms with Crippen LogP contribution in [0, 0.1) is 0 Å². The second-order valence-electron chi connectivity index (χ2n) is 6.49. The van der Waals surface area contributed by atoms with E-state index in [1.807, 2.05) is 36.4 Å². The Morgan fingerprint density at radius 1 is 1.21 bits per heavy atom. The van der Waals surface area contributed by atoms with Crippen LogP contribution >= 0.6 is 23.4 Å². The lowest BCUT2D eigenvalue weighted by Gasteiger charge is -2.30. The van der Waals surface area contributed by atoms with E-state index in [0.29, 0.717) is 29.5 Å². The van der Waals surface area contributed by atoms with Gasteiger partial charge in [-0.15, -0.1) is 0 Å². The molecule has 0 atom stereocenters. The lowest BCUT2D eigenvalue weighted by molar-refractivity contribution is 0.102. The van der Waals surface area contributed by atoms with Crippen LogP contribution in [0.1, 0.15) is 15.9 Å². The van der Waals surface area contributed by atoms with Crippen LogP contribution in [0.4, 0.5) is 11.4 Å². The molecule has 150 valence electrons. The number of amides is 1. The highest BCUT2D eigenvalue weighted by molar-refractivity contribution is 7.98. The first-order valence-corrected chi connectivity index (χ1v) is 10.6. The summed E-state index contributed by atoms with van der Waals surface area (Å²) in [5.41, 5.74) is 3.34. The van der Waals surface area contributed by atoms with Crippen LogP contribution in [0.25, 0.3) is 0 Å². The van der Waals surface area contributed by atoms with Crippen LogP contribution in [0.3, 0.4) is 0 Å². The predicted molar refractivity (Wildman–Crippen MR) is 115 cm³/mol. The van der Waals surface area contributed by atoms with Gasteiger partial charge in [0.15, 0.2) is 5.16 Å². The van der Waals surface area contributed by atoms with Gasteiger partial charge in [-0.2, -0.15) is 5.10 Å². The molecule has 0 saturated carbocycles. The maximum absolute atomic E-state index is 12.8. The average Bonchev–Trinajstić information content (AvgIpc) is 3.27.